The Morgan fingerprint density at radius 3 is 2.47 bits per heavy atom. The Labute approximate surface area is 87.4 Å². The fourth-order valence-corrected chi connectivity index (χ4v) is 1.47. The Balaban J connectivity index is 2.44. The van der Waals surface area contributed by atoms with Crippen LogP contribution in [0.5, 0.6) is 5.75 Å². The topological polar surface area (TPSA) is 58.3 Å². The van der Waals surface area contributed by atoms with Gasteiger partial charge < -0.3 is 10.2 Å². The molecular formula is C11H12N2O2. The van der Waals surface area contributed by atoms with Crippen molar-refractivity contribution >= 4 is 0 Å². The van der Waals surface area contributed by atoms with E-state index < -0.39 is 0 Å². The molecule has 78 valence electrons. The Morgan fingerprint density at radius 1 is 1.27 bits per heavy atom. The predicted octanol–water partition coefficient (Wildman–Crippen LogP) is 1.38. The first-order valence-electron chi connectivity index (χ1n) is 4.66. The van der Waals surface area contributed by atoms with Crippen LogP contribution in [0.1, 0.15) is 11.4 Å². The molecule has 0 bridgehead atoms. The molecule has 0 amide bonds. The number of aryl methyl sites for hydroxylation is 1. The number of hydrogen-bond acceptors (Lipinski definition) is 3. The average molecular weight is 204 g/mol. The van der Waals surface area contributed by atoms with E-state index in [1.807, 2.05) is 13.0 Å². The highest BCUT2D eigenvalue weighted by Crippen LogP contribution is 2.15. The van der Waals surface area contributed by atoms with Crippen molar-refractivity contribution in [3.05, 3.63) is 41.7 Å². The largest absolute Gasteiger partial charge is 0.508 e. The van der Waals surface area contributed by atoms with Crippen LogP contribution >= 0.6 is 0 Å². The molecule has 2 N–H and O–H groups in total. The van der Waals surface area contributed by atoms with Crippen molar-refractivity contribution in [2.45, 2.75) is 13.5 Å². The summed E-state index contributed by atoms with van der Waals surface area (Å²) >= 11 is 0. The standard InChI is InChI=1S/C11H12N2O2/c1-8-6-9(7-14)12-13(8)10-2-4-11(15)5-3-10/h2-6,14-15H,7H2,1H3. The van der Waals surface area contributed by atoms with Crippen molar-refractivity contribution in [1.82, 2.24) is 9.78 Å². The summed E-state index contributed by atoms with van der Waals surface area (Å²) in [5.74, 6) is 0.228. The van der Waals surface area contributed by atoms with Crippen LogP contribution in [0.4, 0.5) is 0 Å². The van der Waals surface area contributed by atoms with Crippen molar-refractivity contribution in [1.29, 1.82) is 0 Å². The molecule has 2 aromatic rings. The van der Waals surface area contributed by atoms with Gasteiger partial charge in [0.2, 0.25) is 0 Å². The number of aliphatic hydroxyl groups excluding tert-OH is 1. The number of hydrogen-bond donors (Lipinski definition) is 2. The summed E-state index contributed by atoms with van der Waals surface area (Å²) < 4.78 is 1.73. The molecule has 0 aliphatic rings. The van der Waals surface area contributed by atoms with Gasteiger partial charge in [-0.3, -0.25) is 0 Å². The van der Waals surface area contributed by atoms with Crippen LogP contribution in [-0.2, 0) is 6.61 Å². The summed E-state index contributed by atoms with van der Waals surface area (Å²) in [6, 6.07) is 8.59. The molecule has 0 atom stereocenters. The van der Waals surface area contributed by atoms with Gasteiger partial charge in [0.25, 0.3) is 0 Å². The van der Waals surface area contributed by atoms with Crippen LogP contribution < -0.4 is 0 Å². The van der Waals surface area contributed by atoms with Gasteiger partial charge in [0.05, 0.1) is 18.0 Å². The Hall–Kier alpha value is -1.81. The lowest BCUT2D eigenvalue weighted by Gasteiger charge is -2.03. The van der Waals surface area contributed by atoms with E-state index in [-0.39, 0.29) is 12.4 Å². The zero-order chi connectivity index (χ0) is 10.8. The summed E-state index contributed by atoms with van der Waals surface area (Å²) in [5, 5.41) is 22.3. The van der Waals surface area contributed by atoms with E-state index >= 15 is 0 Å². The second-order valence-corrected chi connectivity index (χ2v) is 3.36. The number of aromatic nitrogens is 2. The number of nitrogens with zero attached hydrogens (tertiary/aromatic N) is 2. The zero-order valence-corrected chi connectivity index (χ0v) is 8.38. The molecule has 0 radical (unpaired) electrons. The van der Waals surface area contributed by atoms with E-state index in [1.54, 1.807) is 28.9 Å². The molecule has 2 rings (SSSR count). The Bertz CT molecular complexity index is 460. The van der Waals surface area contributed by atoms with Crippen molar-refractivity contribution in [2.75, 3.05) is 0 Å². The maximum absolute atomic E-state index is 9.15. The summed E-state index contributed by atoms with van der Waals surface area (Å²) in [4.78, 5) is 0. The zero-order valence-electron chi connectivity index (χ0n) is 8.38. The van der Waals surface area contributed by atoms with Crippen molar-refractivity contribution < 1.29 is 10.2 Å². The molecule has 0 saturated carbocycles. The number of aliphatic hydroxyl groups is 1. The molecule has 1 aromatic heterocycles. The maximum Gasteiger partial charge on any atom is 0.115 e. The molecule has 15 heavy (non-hydrogen) atoms. The molecule has 0 fully saturated rings. The molecule has 0 saturated heterocycles. The van der Waals surface area contributed by atoms with Crippen LogP contribution in [-0.4, -0.2) is 20.0 Å². The number of aromatic hydroxyl groups is 1. The summed E-state index contributed by atoms with van der Waals surface area (Å²) in [6.07, 6.45) is 0. The quantitative estimate of drug-likeness (QED) is 0.777. The highest BCUT2D eigenvalue weighted by atomic mass is 16.3. The molecule has 0 aliphatic heterocycles. The number of benzene rings is 1. The van der Waals surface area contributed by atoms with Gasteiger partial charge in [0, 0.05) is 5.69 Å². The van der Waals surface area contributed by atoms with Crippen LogP contribution in [0.3, 0.4) is 0 Å². The highest BCUT2D eigenvalue weighted by molar-refractivity contribution is 5.37. The minimum absolute atomic E-state index is 0.0636. The number of rotatable bonds is 2. The fraction of sp³-hybridized carbons (Fsp3) is 0.182. The van der Waals surface area contributed by atoms with Gasteiger partial charge in [-0.25, -0.2) is 4.68 Å². The molecular weight excluding hydrogens is 192 g/mol. The third kappa shape index (κ3) is 1.85. The molecule has 4 nitrogen and oxygen atoms in total. The van der Waals surface area contributed by atoms with Crippen LogP contribution in [0.25, 0.3) is 5.69 Å². The predicted molar refractivity (Wildman–Crippen MR) is 55.9 cm³/mol. The van der Waals surface area contributed by atoms with E-state index in [4.69, 9.17) is 10.2 Å². The third-order valence-electron chi connectivity index (χ3n) is 2.19. The fourth-order valence-electron chi connectivity index (χ4n) is 1.47. The number of phenolic OH excluding ortho intramolecular Hbond substituents is 1. The normalized spacial score (nSPS) is 10.5. The summed E-state index contributed by atoms with van der Waals surface area (Å²) in [6.45, 7) is 1.85. The lowest BCUT2D eigenvalue weighted by atomic mass is 10.3. The van der Waals surface area contributed by atoms with Crippen LogP contribution in [0, 0.1) is 6.92 Å². The van der Waals surface area contributed by atoms with E-state index in [0.29, 0.717) is 5.69 Å². The Kier molecular flexibility index (Phi) is 2.43. The van der Waals surface area contributed by atoms with E-state index in [1.165, 1.54) is 0 Å². The second-order valence-electron chi connectivity index (χ2n) is 3.36. The molecule has 4 heteroatoms. The molecule has 0 spiro atoms. The minimum atomic E-state index is -0.0636. The van der Waals surface area contributed by atoms with Crippen molar-refractivity contribution in [2.24, 2.45) is 0 Å². The van der Waals surface area contributed by atoms with E-state index in [0.717, 1.165) is 11.4 Å². The lowest BCUT2D eigenvalue weighted by molar-refractivity contribution is 0.276. The van der Waals surface area contributed by atoms with Gasteiger partial charge in [-0.1, -0.05) is 0 Å². The van der Waals surface area contributed by atoms with Crippen LogP contribution in [0.2, 0.25) is 0 Å². The van der Waals surface area contributed by atoms with Gasteiger partial charge in [-0.05, 0) is 37.3 Å². The monoisotopic (exact) mass is 204 g/mol. The first-order chi connectivity index (χ1) is 7.20. The Morgan fingerprint density at radius 2 is 1.93 bits per heavy atom. The summed E-state index contributed by atoms with van der Waals surface area (Å²) in [7, 11) is 0. The molecule has 1 heterocycles. The van der Waals surface area contributed by atoms with Gasteiger partial charge >= 0.3 is 0 Å². The SMILES string of the molecule is Cc1cc(CO)nn1-c1ccc(O)cc1. The molecule has 1 aromatic carbocycles. The van der Waals surface area contributed by atoms with Crippen molar-refractivity contribution in [3.63, 3.8) is 0 Å². The third-order valence-corrected chi connectivity index (χ3v) is 2.19. The highest BCUT2D eigenvalue weighted by Gasteiger charge is 2.04. The lowest BCUT2D eigenvalue weighted by Crippen LogP contribution is -1.98. The second kappa shape index (κ2) is 3.74. The van der Waals surface area contributed by atoms with Gasteiger partial charge in [-0.2, -0.15) is 5.10 Å². The smallest absolute Gasteiger partial charge is 0.115 e. The molecule has 0 unspecified atom stereocenters. The van der Waals surface area contributed by atoms with E-state index in [9.17, 15) is 0 Å². The minimum Gasteiger partial charge on any atom is -0.508 e. The average Bonchev–Trinajstić information content (AvgIpc) is 2.61. The van der Waals surface area contributed by atoms with E-state index in [2.05, 4.69) is 5.10 Å². The van der Waals surface area contributed by atoms with Gasteiger partial charge in [-0.15, -0.1) is 0 Å². The van der Waals surface area contributed by atoms with Gasteiger partial charge in [0.15, 0.2) is 0 Å². The first kappa shape index (κ1) is 9.73. The van der Waals surface area contributed by atoms with Crippen molar-refractivity contribution in [3.8, 4) is 11.4 Å². The van der Waals surface area contributed by atoms with Gasteiger partial charge in [0.1, 0.15) is 5.75 Å². The maximum atomic E-state index is 9.15. The summed E-state index contributed by atoms with van der Waals surface area (Å²) in [5.41, 5.74) is 2.45. The molecule has 0 aliphatic carbocycles. The van der Waals surface area contributed by atoms with Crippen LogP contribution in [0.15, 0.2) is 30.3 Å². The number of phenols is 1. The first-order valence-corrected chi connectivity index (χ1v) is 4.66.